The van der Waals surface area contributed by atoms with Crippen molar-refractivity contribution in [1.82, 2.24) is 5.06 Å². The van der Waals surface area contributed by atoms with Gasteiger partial charge in [0.1, 0.15) is 0 Å². The van der Waals surface area contributed by atoms with Crippen molar-refractivity contribution in [2.75, 3.05) is 6.54 Å². The zero-order valence-electron chi connectivity index (χ0n) is 13.2. The molecule has 0 aliphatic carbocycles. The summed E-state index contributed by atoms with van der Waals surface area (Å²) >= 11 is 1.54. The lowest BCUT2D eigenvalue weighted by atomic mass is 10.0. The van der Waals surface area contributed by atoms with E-state index in [1.54, 1.807) is 11.8 Å². The molecule has 0 aromatic heterocycles. The lowest BCUT2D eigenvalue weighted by molar-refractivity contribution is -0.163. The second-order valence-electron chi connectivity index (χ2n) is 5.95. The highest BCUT2D eigenvalue weighted by molar-refractivity contribution is 8.00. The minimum atomic E-state index is -0.187. The van der Waals surface area contributed by atoms with Crippen molar-refractivity contribution < 1.29 is 10.0 Å². The number of carbonyl (C=O) groups is 1. The van der Waals surface area contributed by atoms with Crippen LogP contribution in [0, 0.1) is 6.92 Å². The van der Waals surface area contributed by atoms with E-state index in [0.717, 1.165) is 29.2 Å². The summed E-state index contributed by atoms with van der Waals surface area (Å²) in [5.74, 6) is -0.171. The molecule has 3 nitrogen and oxygen atoms in total. The van der Waals surface area contributed by atoms with E-state index >= 15 is 0 Å². The van der Waals surface area contributed by atoms with Gasteiger partial charge in [0.15, 0.2) is 0 Å². The van der Waals surface area contributed by atoms with Crippen LogP contribution in [0.2, 0.25) is 0 Å². The quantitative estimate of drug-likeness (QED) is 0.842. The molecule has 1 amide bonds. The molecule has 1 unspecified atom stereocenters. The van der Waals surface area contributed by atoms with Gasteiger partial charge in [0.25, 0.3) is 5.91 Å². The van der Waals surface area contributed by atoms with Gasteiger partial charge in [0.2, 0.25) is 0 Å². The second-order valence-corrected chi connectivity index (χ2v) is 7.23. The van der Waals surface area contributed by atoms with Crippen LogP contribution in [0.5, 0.6) is 0 Å². The highest BCUT2D eigenvalue weighted by atomic mass is 32.2. The van der Waals surface area contributed by atoms with E-state index in [-0.39, 0.29) is 11.2 Å². The summed E-state index contributed by atoms with van der Waals surface area (Å²) in [6.45, 7) is 2.53. The first-order valence-corrected chi connectivity index (χ1v) is 8.85. The number of hydroxylamine groups is 2. The maximum atomic E-state index is 12.1. The number of aryl methyl sites for hydroxylation is 1. The second kappa shape index (κ2) is 7.20. The summed E-state index contributed by atoms with van der Waals surface area (Å²) in [4.78, 5) is 13.2. The average molecular weight is 327 g/mol. The van der Waals surface area contributed by atoms with Crippen molar-refractivity contribution in [3.63, 3.8) is 0 Å². The van der Waals surface area contributed by atoms with Crippen LogP contribution in [0.25, 0.3) is 11.1 Å². The molecule has 1 aliphatic rings. The molecule has 1 heterocycles. The highest BCUT2D eigenvalue weighted by Crippen LogP contribution is 2.31. The molecule has 0 saturated carbocycles. The number of amides is 1. The van der Waals surface area contributed by atoms with Gasteiger partial charge in [-0.2, -0.15) is 0 Å². The van der Waals surface area contributed by atoms with E-state index in [9.17, 15) is 10.0 Å². The standard InChI is InChI=1S/C19H21NO2S/c1-14-5-7-15(8-6-14)16-9-11-17(12-10-16)23-18-4-2-3-13-20(22)19(18)21/h5-12,18,22H,2-4,13H2,1H3. The molecule has 1 aliphatic heterocycles. The third-order valence-corrected chi connectivity index (χ3v) is 5.40. The van der Waals surface area contributed by atoms with Crippen molar-refractivity contribution in [2.45, 2.75) is 36.3 Å². The fraction of sp³-hybridized carbons (Fsp3) is 0.316. The molecule has 0 bridgehead atoms. The van der Waals surface area contributed by atoms with E-state index in [1.807, 2.05) is 0 Å². The predicted octanol–water partition coefficient (Wildman–Crippen LogP) is 4.52. The fourth-order valence-electron chi connectivity index (χ4n) is 2.74. The van der Waals surface area contributed by atoms with E-state index in [2.05, 4.69) is 55.5 Å². The Labute approximate surface area is 141 Å². The van der Waals surface area contributed by atoms with Crippen LogP contribution in [0.4, 0.5) is 0 Å². The maximum Gasteiger partial charge on any atom is 0.259 e. The molecule has 1 fully saturated rings. The normalized spacial score (nSPS) is 18.8. The Morgan fingerprint density at radius 3 is 2.26 bits per heavy atom. The summed E-state index contributed by atoms with van der Waals surface area (Å²) < 4.78 is 0. The van der Waals surface area contributed by atoms with Crippen LogP contribution < -0.4 is 0 Å². The van der Waals surface area contributed by atoms with Gasteiger partial charge >= 0.3 is 0 Å². The number of carbonyl (C=O) groups excluding carboxylic acids is 1. The number of rotatable bonds is 3. The Balaban J connectivity index is 1.72. The molecule has 0 radical (unpaired) electrons. The maximum absolute atomic E-state index is 12.1. The van der Waals surface area contributed by atoms with E-state index in [4.69, 9.17) is 0 Å². The van der Waals surface area contributed by atoms with Crippen molar-refractivity contribution in [1.29, 1.82) is 0 Å². The Morgan fingerprint density at radius 2 is 1.61 bits per heavy atom. The summed E-state index contributed by atoms with van der Waals surface area (Å²) in [7, 11) is 0. The lowest BCUT2D eigenvalue weighted by Crippen LogP contribution is -2.33. The molecule has 23 heavy (non-hydrogen) atoms. The SMILES string of the molecule is Cc1ccc(-c2ccc(SC3CCCCN(O)C3=O)cc2)cc1. The van der Waals surface area contributed by atoms with E-state index < -0.39 is 0 Å². The lowest BCUT2D eigenvalue weighted by Gasteiger charge is -2.17. The van der Waals surface area contributed by atoms with Crippen molar-refractivity contribution in [3.05, 3.63) is 54.1 Å². The molecule has 1 atom stereocenters. The Hall–Kier alpha value is -1.78. The van der Waals surface area contributed by atoms with Crippen LogP contribution in [-0.4, -0.2) is 28.0 Å². The summed E-state index contributed by atoms with van der Waals surface area (Å²) in [6.07, 6.45) is 2.66. The van der Waals surface area contributed by atoms with Crippen LogP contribution in [0.3, 0.4) is 0 Å². The van der Waals surface area contributed by atoms with Gasteiger partial charge in [-0.05, 0) is 49.4 Å². The van der Waals surface area contributed by atoms with Crippen molar-refractivity contribution >= 4 is 17.7 Å². The summed E-state index contributed by atoms with van der Waals surface area (Å²) in [6, 6.07) is 16.7. The van der Waals surface area contributed by atoms with Gasteiger partial charge in [-0.1, -0.05) is 42.0 Å². The molecular formula is C19H21NO2S. The van der Waals surface area contributed by atoms with Gasteiger partial charge in [-0.15, -0.1) is 11.8 Å². The third-order valence-electron chi connectivity index (χ3n) is 4.13. The van der Waals surface area contributed by atoms with Gasteiger partial charge in [-0.25, -0.2) is 5.06 Å². The zero-order chi connectivity index (χ0) is 16.2. The number of benzene rings is 2. The van der Waals surface area contributed by atoms with Crippen LogP contribution >= 0.6 is 11.8 Å². The first kappa shape index (κ1) is 16.1. The minimum absolute atomic E-state index is 0.171. The number of hydrogen-bond acceptors (Lipinski definition) is 3. The summed E-state index contributed by atoms with van der Waals surface area (Å²) in [5.41, 5.74) is 3.62. The first-order valence-electron chi connectivity index (χ1n) is 7.97. The number of hydrogen-bond donors (Lipinski definition) is 1. The molecule has 4 heteroatoms. The Bertz CT molecular complexity index is 667. The van der Waals surface area contributed by atoms with Crippen LogP contribution in [-0.2, 0) is 4.79 Å². The Kier molecular flexibility index (Phi) is 5.03. The molecule has 2 aromatic rings. The smallest absolute Gasteiger partial charge is 0.259 e. The highest BCUT2D eigenvalue weighted by Gasteiger charge is 2.26. The van der Waals surface area contributed by atoms with Crippen molar-refractivity contribution in [3.8, 4) is 11.1 Å². The number of nitrogens with zero attached hydrogens (tertiary/aromatic N) is 1. The van der Waals surface area contributed by atoms with Crippen LogP contribution in [0.1, 0.15) is 24.8 Å². The van der Waals surface area contributed by atoms with Gasteiger partial charge in [0.05, 0.1) is 5.25 Å². The molecule has 3 rings (SSSR count). The van der Waals surface area contributed by atoms with Crippen LogP contribution in [0.15, 0.2) is 53.4 Å². The summed E-state index contributed by atoms with van der Waals surface area (Å²) in [5, 5.41) is 10.4. The first-order chi connectivity index (χ1) is 11.1. The fourth-order valence-corrected chi connectivity index (χ4v) is 3.87. The average Bonchev–Trinajstić information content (AvgIpc) is 2.72. The largest absolute Gasteiger partial charge is 0.286 e. The molecule has 1 saturated heterocycles. The third kappa shape index (κ3) is 3.95. The van der Waals surface area contributed by atoms with Gasteiger partial charge in [-0.3, -0.25) is 10.0 Å². The van der Waals surface area contributed by atoms with E-state index in [0.29, 0.717) is 6.54 Å². The molecule has 2 aromatic carbocycles. The van der Waals surface area contributed by atoms with Gasteiger partial charge < -0.3 is 0 Å². The number of thioether (sulfide) groups is 1. The molecule has 120 valence electrons. The van der Waals surface area contributed by atoms with E-state index in [1.165, 1.54) is 16.7 Å². The molecule has 1 N–H and O–H groups in total. The molecular weight excluding hydrogens is 306 g/mol. The topological polar surface area (TPSA) is 40.5 Å². The van der Waals surface area contributed by atoms with Crippen molar-refractivity contribution in [2.24, 2.45) is 0 Å². The predicted molar refractivity (Wildman–Crippen MR) is 93.6 cm³/mol. The van der Waals surface area contributed by atoms with Gasteiger partial charge in [0, 0.05) is 11.4 Å². The monoisotopic (exact) mass is 327 g/mol. The minimum Gasteiger partial charge on any atom is -0.286 e. The molecule has 0 spiro atoms. The zero-order valence-corrected chi connectivity index (χ0v) is 14.1. The Morgan fingerprint density at radius 1 is 1.00 bits per heavy atom.